The maximum atomic E-state index is 14.4. The third kappa shape index (κ3) is 4.22. The van der Waals surface area contributed by atoms with E-state index in [0.29, 0.717) is 0 Å². The first kappa shape index (κ1) is 19.1. The summed E-state index contributed by atoms with van der Waals surface area (Å²) in [4.78, 5) is 23.0. The molecule has 0 aliphatic heterocycles. The Bertz CT molecular complexity index is 916. The van der Waals surface area contributed by atoms with Gasteiger partial charge >= 0.3 is 11.9 Å². The van der Waals surface area contributed by atoms with Gasteiger partial charge in [-0.1, -0.05) is 25.3 Å². The Morgan fingerprint density at radius 2 is 1.50 bits per heavy atom. The lowest BCUT2D eigenvalue weighted by atomic mass is 10.0. The molecule has 0 amide bonds. The zero-order chi connectivity index (χ0) is 19.4. The van der Waals surface area contributed by atoms with E-state index in [1.807, 2.05) is 0 Å². The largest absolute Gasteiger partial charge is 0.423 e. The lowest BCUT2D eigenvalue weighted by Gasteiger charge is -2.10. The zero-order valence-corrected chi connectivity index (χ0v) is 14.3. The maximum Gasteiger partial charge on any atom is 0.338 e. The number of halogens is 2. The molecule has 6 heteroatoms. The minimum absolute atomic E-state index is 0.0564. The second-order valence-electron chi connectivity index (χ2n) is 5.61. The standard InChI is InChI=1S/C20H16F2O4/c1-11(2)19(23)25-14-7-5-6-13(10-14)15-8-9-16(18(22)17(15)21)26-20(24)12(3)4/h5-10H,1,3H2,2,4H3. The van der Waals surface area contributed by atoms with Gasteiger partial charge in [0, 0.05) is 16.7 Å². The molecule has 4 nitrogen and oxygen atoms in total. The fraction of sp³-hybridized carbons (Fsp3) is 0.100. The molecule has 0 bridgehead atoms. The van der Waals surface area contributed by atoms with Crippen LogP contribution >= 0.6 is 0 Å². The minimum Gasteiger partial charge on any atom is -0.423 e. The molecule has 2 rings (SSSR count). The number of ether oxygens (including phenoxy) is 2. The van der Waals surface area contributed by atoms with Gasteiger partial charge in [-0.2, -0.15) is 4.39 Å². The number of rotatable bonds is 5. The van der Waals surface area contributed by atoms with E-state index in [2.05, 4.69) is 13.2 Å². The molecule has 0 N–H and O–H groups in total. The Morgan fingerprint density at radius 3 is 2.12 bits per heavy atom. The minimum atomic E-state index is -1.30. The van der Waals surface area contributed by atoms with Gasteiger partial charge in [0.1, 0.15) is 5.75 Å². The topological polar surface area (TPSA) is 52.6 Å². The van der Waals surface area contributed by atoms with Crippen LogP contribution in [0.2, 0.25) is 0 Å². The number of carbonyl (C=O) groups excluding carboxylic acids is 2. The van der Waals surface area contributed by atoms with Gasteiger partial charge in [0.25, 0.3) is 0 Å². The van der Waals surface area contributed by atoms with Gasteiger partial charge < -0.3 is 9.47 Å². The van der Waals surface area contributed by atoms with Gasteiger partial charge in [-0.05, 0) is 43.7 Å². The van der Waals surface area contributed by atoms with Gasteiger partial charge in [0.05, 0.1) is 0 Å². The monoisotopic (exact) mass is 358 g/mol. The number of benzene rings is 2. The summed E-state index contributed by atoms with van der Waals surface area (Å²) >= 11 is 0. The van der Waals surface area contributed by atoms with Gasteiger partial charge in [-0.3, -0.25) is 0 Å². The van der Waals surface area contributed by atoms with E-state index in [-0.39, 0.29) is 28.0 Å². The van der Waals surface area contributed by atoms with E-state index in [4.69, 9.17) is 9.47 Å². The van der Waals surface area contributed by atoms with Crippen LogP contribution in [0.25, 0.3) is 11.1 Å². The van der Waals surface area contributed by atoms with Gasteiger partial charge in [0.15, 0.2) is 11.6 Å². The van der Waals surface area contributed by atoms with Crippen molar-refractivity contribution in [1.82, 2.24) is 0 Å². The first-order valence-corrected chi connectivity index (χ1v) is 7.54. The molecule has 2 aromatic rings. The van der Waals surface area contributed by atoms with Crippen molar-refractivity contribution >= 4 is 11.9 Å². The van der Waals surface area contributed by atoms with E-state index < -0.39 is 29.3 Å². The third-order valence-electron chi connectivity index (χ3n) is 3.30. The quantitative estimate of drug-likeness (QED) is 0.445. The number of hydrogen-bond acceptors (Lipinski definition) is 4. The highest BCUT2D eigenvalue weighted by molar-refractivity contribution is 5.89. The summed E-state index contributed by atoms with van der Waals surface area (Å²) in [5.41, 5.74) is 0.467. The van der Waals surface area contributed by atoms with Crippen LogP contribution in [0.4, 0.5) is 8.78 Å². The highest BCUT2D eigenvalue weighted by Crippen LogP contribution is 2.32. The molecular weight excluding hydrogens is 342 g/mol. The Kier molecular flexibility index (Phi) is 5.67. The van der Waals surface area contributed by atoms with Crippen LogP contribution in [0.5, 0.6) is 11.5 Å². The van der Waals surface area contributed by atoms with Crippen molar-refractivity contribution in [2.45, 2.75) is 13.8 Å². The molecule has 0 aromatic heterocycles. The second-order valence-corrected chi connectivity index (χ2v) is 5.61. The van der Waals surface area contributed by atoms with Gasteiger partial charge in [-0.25, -0.2) is 14.0 Å². The van der Waals surface area contributed by atoms with E-state index in [1.165, 1.54) is 44.2 Å². The molecule has 0 saturated heterocycles. The first-order valence-electron chi connectivity index (χ1n) is 7.54. The maximum absolute atomic E-state index is 14.4. The van der Waals surface area contributed by atoms with Crippen molar-refractivity contribution < 1.29 is 27.8 Å². The first-order chi connectivity index (χ1) is 12.2. The Hall–Kier alpha value is -3.28. The van der Waals surface area contributed by atoms with Crippen molar-refractivity contribution in [2.24, 2.45) is 0 Å². The summed E-state index contributed by atoms with van der Waals surface area (Å²) in [6.07, 6.45) is 0. The van der Waals surface area contributed by atoms with Crippen molar-refractivity contribution in [3.8, 4) is 22.6 Å². The molecule has 0 saturated carbocycles. The van der Waals surface area contributed by atoms with Gasteiger partial charge in [0.2, 0.25) is 5.82 Å². The third-order valence-corrected chi connectivity index (χ3v) is 3.30. The fourth-order valence-corrected chi connectivity index (χ4v) is 1.94. The van der Waals surface area contributed by atoms with Crippen LogP contribution in [-0.4, -0.2) is 11.9 Å². The van der Waals surface area contributed by atoms with E-state index >= 15 is 0 Å². The van der Waals surface area contributed by atoms with Crippen LogP contribution in [-0.2, 0) is 9.59 Å². The Morgan fingerprint density at radius 1 is 0.885 bits per heavy atom. The highest BCUT2D eigenvalue weighted by atomic mass is 19.2. The molecule has 0 unspecified atom stereocenters. The molecule has 0 radical (unpaired) electrons. The molecule has 0 atom stereocenters. The lowest BCUT2D eigenvalue weighted by molar-refractivity contribution is -0.131. The molecule has 0 aliphatic carbocycles. The average molecular weight is 358 g/mol. The van der Waals surface area contributed by atoms with Crippen molar-refractivity contribution in [1.29, 1.82) is 0 Å². The normalized spacial score (nSPS) is 10.2. The van der Waals surface area contributed by atoms with E-state index in [0.717, 1.165) is 6.07 Å². The molecule has 26 heavy (non-hydrogen) atoms. The van der Waals surface area contributed by atoms with Gasteiger partial charge in [-0.15, -0.1) is 0 Å². The molecule has 2 aromatic carbocycles. The fourth-order valence-electron chi connectivity index (χ4n) is 1.94. The molecule has 0 heterocycles. The summed E-state index contributed by atoms with van der Waals surface area (Å²) in [7, 11) is 0. The zero-order valence-electron chi connectivity index (χ0n) is 14.3. The summed E-state index contributed by atoms with van der Waals surface area (Å²) < 4.78 is 38.4. The van der Waals surface area contributed by atoms with Crippen molar-refractivity contribution in [3.05, 3.63) is 72.3 Å². The predicted molar refractivity (Wildman–Crippen MR) is 92.7 cm³/mol. The summed E-state index contributed by atoms with van der Waals surface area (Å²) in [5.74, 6) is -4.36. The second kappa shape index (κ2) is 7.74. The Balaban J connectivity index is 2.36. The number of hydrogen-bond donors (Lipinski definition) is 0. The van der Waals surface area contributed by atoms with Crippen LogP contribution in [0, 0.1) is 11.6 Å². The SMILES string of the molecule is C=C(C)C(=O)Oc1cccc(-c2ccc(OC(=O)C(=C)C)c(F)c2F)c1. The summed E-state index contributed by atoms with van der Waals surface area (Å²) in [6, 6.07) is 8.35. The Labute approximate surface area is 149 Å². The van der Waals surface area contributed by atoms with E-state index in [9.17, 15) is 18.4 Å². The smallest absolute Gasteiger partial charge is 0.338 e. The molecule has 0 fully saturated rings. The van der Waals surface area contributed by atoms with E-state index in [1.54, 1.807) is 0 Å². The molecule has 0 aliphatic rings. The summed E-state index contributed by atoms with van der Waals surface area (Å²) in [5, 5.41) is 0. The van der Waals surface area contributed by atoms with Crippen LogP contribution in [0.15, 0.2) is 60.7 Å². The highest BCUT2D eigenvalue weighted by Gasteiger charge is 2.19. The van der Waals surface area contributed by atoms with Crippen molar-refractivity contribution in [2.75, 3.05) is 0 Å². The molecule has 134 valence electrons. The van der Waals surface area contributed by atoms with Crippen LogP contribution in [0.1, 0.15) is 13.8 Å². The number of esters is 2. The van der Waals surface area contributed by atoms with Crippen molar-refractivity contribution in [3.63, 3.8) is 0 Å². The van der Waals surface area contributed by atoms with Crippen LogP contribution in [0.3, 0.4) is 0 Å². The average Bonchev–Trinajstić information content (AvgIpc) is 2.59. The summed E-state index contributed by atoms with van der Waals surface area (Å²) in [6.45, 7) is 9.73. The molecule has 0 spiro atoms. The predicted octanol–water partition coefficient (Wildman–Crippen LogP) is 4.59. The lowest BCUT2D eigenvalue weighted by Crippen LogP contribution is -2.10. The molecular formula is C20H16F2O4. The number of carbonyl (C=O) groups is 2. The van der Waals surface area contributed by atoms with Crippen LogP contribution < -0.4 is 9.47 Å².